The van der Waals surface area contributed by atoms with Crippen molar-refractivity contribution in [3.05, 3.63) is 59.9 Å². The summed E-state index contributed by atoms with van der Waals surface area (Å²) in [7, 11) is -2.41. The van der Waals surface area contributed by atoms with E-state index in [4.69, 9.17) is 4.74 Å². The van der Waals surface area contributed by atoms with Crippen molar-refractivity contribution in [2.24, 2.45) is 5.92 Å². The molecule has 0 unspecified atom stereocenters. The summed E-state index contributed by atoms with van der Waals surface area (Å²) in [5.74, 6) is -0.741. The first-order valence-corrected chi connectivity index (χ1v) is 8.85. The van der Waals surface area contributed by atoms with Gasteiger partial charge < -0.3 is 4.74 Å². The van der Waals surface area contributed by atoms with Crippen LogP contribution in [0.5, 0.6) is 5.75 Å². The van der Waals surface area contributed by atoms with E-state index < -0.39 is 21.7 Å². The third kappa shape index (κ3) is 3.41. The molecule has 1 N–H and O–H groups in total. The number of nitrogens with one attached hydrogen (secondary N) is 1. The van der Waals surface area contributed by atoms with Crippen LogP contribution in [0, 0.1) is 11.7 Å². The summed E-state index contributed by atoms with van der Waals surface area (Å²) in [6.45, 7) is 0. The Morgan fingerprint density at radius 1 is 1.12 bits per heavy atom. The normalized spacial score (nSPS) is 19.6. The molecule has 0 saturated heterocycles. The van der Waals surface area contributed by atoms with Crippen LogP contribution in [0.4, 0.5) is 4.39 Å². The standard InChI is InChI=1S/C17H16FNO4S/c1-23-13-6-2-11(3-7-13)15-10-16(15)17(20)19-24(21,22)14-8-4-12(18)5-9-14/h2-9,15-16H,10H2,1H3,(H,19,20)/t15-,16+/m0/s1. The third-order valence-corrected chi connectivity index (χ3v) is 5.39. The van der Waals surface area contributed by atoms with Gasteiger partial charge in [0, 0.05) is 5.92 Å². The molecule has 1 fully saturated rings. The van der Waals surface area contributed by atoms with Gasteiger partial charge in [-0.25, -0.2) is 17.5 Å². The van der Waals surface area contributed by atoms with Crippen LogP contribution in [0.2, 0.25) is 0 Å². The Labute approximate surface area is 139 Å². The van der Waals surface area contributed by atoms with Crippen molar-refractivity contribution in [1.29, 1.82) is 0 Å². The van der Waals surface area contributed by atoms with Gasteiger partial charge in [0.2, 0.25) is 5.91 Å². The molecule has 2 aromatic carbocycles. The summed E-state index contributed by atoms with van der Waals surface area (Å²) in [6, 6.07) is 11.7. The molecule has 1 aliphatic carbocycles. The lowest BCUT2D eigenvalue weighted by molar-refractivity contribution is -0.120. The van der Waals surface area contributed by atoms with Crippen LogP contribution in [0.25, 0.3) is 0 Å². The molecule has 1 amide bonds. The Bertz CT molecular complexity index is 847. The number of hydrogen-bond donors (Lipinski definition) is 1. The van der Waals surface area contributed by atoms with Crippen molar-refractivity contribution >= 4 is 15.9 Å². The SMILES string of the molecule is COc1ccc([C@@H]2C[C@H]2C(=O)NS(=O)(=O)c2ccc(F)cc2)cc1. The number of rotatable bonds is 5. The largest absolute Gasteiger partial charge is 0.497 e. The maximum Gasteiger partial charge on any atom is 0.264 e. The van der Waals surface area contributed by atoms with Crippen LogP contribution < -0.4 is 9.46 Å². The number of benzene rings is 2. The Morgan fingerprint density at radius 2 is 1.75 bits per heavy atom. The molecule has 0 bridgehead atoms. The van der Waals surface area contributed by atoms with Crippen LogP contribution in [-0.2, 0) is 14.8 Å². The average Bonchev–Trinajstić information content (AvgIpc) is 3.36. The predicted octanol–water partition coefficient (Wildman–Crippen LogP) is 2.44. The number of halogens is 1. The minimum atomic E-state index is -3.98. The fourth-order valence-corrected chi connectivity index (χ4v) is 3.61. The van der Waals surface area contributed by atoms with Gasteiger partial charge in [0.05, 0.1) is 12.0 Å². The van der Waals surface area contributed by atoms with Crippen molar-refractivity contribution in [3.63, 3.8) is 0 Å². The second-order valence-corrected chi connectivity index (χ2v) is 7.33. The predicted molar refractivity (Wildman–Crippen MR) is 85.6 cm³/mol. The van der Waals surface area contributed by atoms with Crippen molar-refractivity contribution in [3.8, 4) is 5.75 Å². The van der Waals surface area contributed by atoms with Gasteiger partial charge in [-0.05, 0) is 54.3 Å². The number of ether oxygens (including phenoxy) is 1. The summed E-state index contributed by atoms with van der Waals surface area (Å²) >= 11 is 0. The summed E-state index contributed by atoms with van der Waals surface area (Å²) < 4.78 is 44.3. The van der Waals surface area contributed by atoms with E-state index in [1.165, 1.54) is 0 Å². The van der Waals surface area contributed by atoms with Gasteiger partial charge in [-0.15, -0.1) is 0 Å². The Morgan fingerprint density at radius 3 is 2.33 bits per heavy atom. The van der Waals surface area contributed by atoms with Crippen molar-refractivity contribution < 1.29 is 22.3 Å². The highest BCUT2D eigenvalue weighted by Gasteiger charge is 2.45. The molecule has 24 heavy (non-hydrogen) atoms. The Hall–Kier alpha value is -2.41. The number of carbonyl (C=O) groups is 1. The van der Waals surface area contributed by atoms with Gasteiger partial charge in [-0.2, -0.15) is 0 Å². The molecule has 3 rings (SSSR count). The fraction of sp³-hybridized carbons (Fsp3) is 0.235. The summed E-state index contributed by atoms with van der Waals surface area (Å²) in [5.41, 5.74) is 0.968. The lowest BCUT2D eigenvalue weighted by atomic mass is 10.1. The highest BCUT2D eigenvalue weighted by molar-refractivity contribution is 7.90. The minimum absolute atomic E-state index is 0.000626. The fourth-order valence-electron chi connectivity index (χ4n) is 2.59. The maximum atomic E-state index is 12.9. The Kier molecular flexibility index (Phi) is 4.28. The molecular weight excluding hydrogens is 333 g/mol. The molecule has 1 aliphatic rings. The average molecular weight is 349 g/mol. The third-order valence-electron chi connectivity index (χ3n) is 4.03. The van der Waals surface area contributed by atoms with Crippen molar-refractivity contribution in [2.45, 2.75) is 17.2 Å². The number of hydrogen-bond acceptors (Lipinski definition) is 4. The lowest BCUT2D eigenvalue weighted by Gasteiger charge is -2.07. The van der Waals surface area contributed by atoms with Gasteiger partial charge in [-0.1, -0.05) is 12.1 Å². The number of carbonyl (C=O) groups excluding carboxylic acids is 1. The first kappa shape index (κ1) is 16.4. The molecule has 5 nitrogen and oxygen atoms in total. The Balaban J connectivity index is 1.66. The zero-order valence-corrected chi connectivity index (χ0v) is 13.7. The summed E-state index contributed by atoms with van der Waals surface area (Å²) in [6.07, 6.45) is 0.594. The second-order valence-electron chi connectivity index (χ2n) is 5.65. The van der Waals surface area contributed by atoms with E-state index in [1.54, 1.807) is 19.2 Å². The van der Waals surface area contributed by atoms with Gasteiger partial charge in [-0.3, -0.25) is 4.79 Å². The number of amides is 1. The molecule has 0 aromatic heterocycles. The molecule has 2 atom stereocenters. The van der Waals surface area contributed by atoms with Crippen LogP contribution in [0.15, 0.2) is 53.4 Å². The van der Waals surface area contributed by atoms with E-state index >= 15 is 0 Å². The molecule has 0 radical (unpaired) electrons. The zero-order valence-electron chi connectivity index (χ0n) is 12.9. The molecule has 2 aromatic rings. The van der Waals surface area contributed by atoms with E-state index in [0.717, 1.165) is 35.6 Å². The molecule has 126 valence electrons. The molecular formula is C17H16FNO4S. The first-order valence-electron chi connectivity index (χ1n) is 7.37. The van der Waals surface area contributed by atoms with Gasteiger partial charge in [0.1, 0.15) is 11.6 Å². The van der Waals surface area contributed by atoms with Gasteiger partial charge in [0.15, 0.2) is 0 Å². The highest BCUT2D eigenvalue weighted by atomic mass is 32.2. The monoisotopic (exact) mass is 349 g/mol. The number of sulfonamides is 1. The van der Waals surface area contributed by atoms with Crippen molar-refractivity contribution in [2.75, 3.05) is 7.11 Å². The molecule has 0 heterocycles. The lowest BCUT2D eigenvalue weighted by Crippen LogP contribution is -2.32. The summed E-state index contributed by atoms with van der Waals surface area (Å²) in [4.78, 5) is 12.0. The van der Waals surface area contributed by atoms with E-state index in [2.05, 4.69) is 4.72 Å². The molecule has 1 saturated carbocycles. The van der Waals surface area contributed by atoms with Gasteiger partial charge in [0.25, 0.3) is 10.0 Å². The molecule has 0 aliphatic heterocycles. The highest BCUT2D eigenvalue weighted by Crippen LogP contribution is 2.47. The quantitative estimate of drug-likeness (QED) is 0.900. The van der Waals surface area contributed by atoms with Crippen molar-refractivity contribution in [1.82, 2.24) is 4.72 Å². The molecule has 7 heteroatoms. The van der Waals surface area contributed by atoms with Gasteiger partial charge >= 0.3 is 0 Å². The number of methoxy groups -OCH3 is 1. The minimum Gasteiger partial charge on any atom is -0.497 e. The van der Waals surface area contributed by atoms with Crippen LogP contribution in [0.3, 0.4) is 0 Å². The summed E-state index contributed by atoms with van der Waals surface area (Å²) in [5, 5.41) is 0. The van der Waals surface area contributed by atoms with E-state index in [1.807, 2.05) is 12.1 Å². The van der Waals surface area contributed by atoms with E-state index in [-0.39, 0.29) is 16.7 Å². The van der Waals surface area contributed by atoms with E-state index in [0.29, 0.717) is 6.42 Å². The van der Waals surface area contributed by atoms with E-state index in [9.17, 15) is 17.6 Å². The molecule has 0 spiro atoms. The zero-order chi connectivity index (χ0) is 17.3. The first-order chi connectivity index (χ1) is 11.4. The maximum absolute atomic E-state index is 12.9. The second kappa shape index (κ2) is 6.24. The topological polar surface area (TPSA) is 72.5 Å². The van der Waals surface area contributed by atoms with Crippen LogP contribution in [0.1, 0.15) is 17.9 Å². The van der Waals surface area contributed by atoms with Crippen LogP contribution >= 0.6 is 0 Å². The smallest absolute Gasteiger partial charge is 0.264 e. The van der Waals surface area contributed by atoms with Crippen LogP contribution in [-0.4, -0.2) is 21.4 Å².